The Morgan fingerprint density at radius 1 is 0.691 bits per heavy atom. The van der Waals surface area contributed by atoms with Gasteiger partial charge in [-0.1, -0.05) is 103 Å². The van der Waals surface area contributed by atoms with Crippen molar-refractivity contribution in [1.29, 1.82) is 0 Å². The third-order valence-corrected chi connectivity index (χ3v) is 10.1. The number of unbranched alkanes of at least 4 members (excludes halogenated alkanes) is 17. The fraction of sp³-hybridized carbons (Fsp3) is 0.744. The number of carbonyl (C=O) groups excluding carboxylic acids is 3. The zero-order chi connectivity index (χ0) is 40.5. The Bertz CT molecular complexity index is 1200. The predicted molar refractivity (Wildman–Crippen MR) is 217 cm³/mol. The molecule has 0 N–H and O–H groups in total. The van der Waals surface area contributed by atoms with E-state index in [1.165, 1.54) is 44.9 Å². The maximum atomic E-state index is 12.7. The van der Waals surface area contributed by atoms with Crippen LogP contribution >= 0.6 is 7.82 Å². The number of likely N-dealkylation sites (N-methyl/N-ethyl adjacent to an activating group) is 1. The molecule has 0 aromatic heterocycles. The molecule has 1 rings (SSSR count). The maximum Gasteiger partial charge on any atom is 0.306 e. The van der Waals surface area contributed by atoms with Crippen molar-refractivity contribution >= 4 is 26.0 Å². The minimum Gasteiger partial charge on any atom is -0.756 e. The number of benzene rings is 1. The molecule has 0 aliphatic carbocycles. The summed E-state index contributed by atoms with van der Waals surface area (Å²) in [5.41, 5.74) is 0.623. The molecule has 11 nitrogen and oxygen atoms in total. The number of ether oxygens (including phenoxy) is 3. The first-order valence-electron chi connectivity index (χ1n) is 21.0. The summed E-state index contributed by atoms with van der Waals surface area (Å²) in [4.78, 5) is 48.3. The second kappa shape index (κ2) is 32.5. The minimum atomic E-state index is -4.65. The molecule has 1 aromatic carbocycles. The Kier molecular flexibility index (Phi) is 29.8. The van der Waals surface area contributed by atoms with Gasteiger partial charge in [0.1, 0.15) is 31.8 Å². The van der Waals surface area contributed by atoms with Gasteiger partial charge in [0.2, 0.25) is 0 Å². The van der Waals surface area contributed by atoms with E-state index in [2.05, 4.69) is 19.1 Å². The Morgan fingerprint density at radius 3 is 1.78 bits per heavy atom. The highest BCUT2D eigenvalue weighted by Gasteiger charge is 2.21. The van der Waals surface area contributed by atoms with Crippen LogP contribution < -0.4 is 9.63 Å². The molecule has 0 bridgehead atoms. The van der Waals surface area contributed by atoms with Crippen molar-refractivity contribution in [2.75, 3.05) is 54.1 Å². The first kappa shape index (κ1) is 50.5. The van der Waals surface area contributed by atoms with Crippen LogP contribution in [0.15, 0.2) is 36.4 Å². The first-order chi connectivity index (χ1) is 26.4. The summed E-state index contributed by atoms with van der Waals surface area (Å²) in [6.45, 7) is 2.48. The summed E-state index contributed by atoms with van der Waals surface area (Å²) >= 11 is 0. The van der Waals surface area contributed by atoms with Gasteiger partial charge in [0.25, 0.3) is 7.82 Å². The Hall–Kier alpha value is -2.56. The number of hydrogen-bond acceptors (Lipinski definition) is 10. The topological polar surface area (TPSA) is 137 Å². The largest absolute Gasteiger partial charge is 0.756 e. The maximum absolute atomic E-state index is 12.7. The van der Waals surface area contributed by atoms with Crippen molar-refractivity contribution in [2.45, 2.75) is 154 Å². The number of phosphoric acid groups is 1. The van der Waals surface area contributed by atoms with Crippen molar-refractivity contribution in [3.63, 3.8) is 0 Å². The zero-order valence-corrected chi connectivity index (χ0v) is 35.6. The second-order valence-electron chi connectivity index (χ2n) is 15.5. The monoisotopic (exact) mass is 796 g/mol. The highest BCUT2D eigenvalue weighted by Crippen LogP contribution is 2.38. The average Bonchev–Trinajstić information content (AvgIpc) is 3.14. The molecule has 0 heterocycles. The van der Waals surface area contributed by atoms with Crippen molar-refractivity contribution in [2.24, 2.45) is 0 Å². The molecule has 0 saturated heterocycles. The molecule has 2 atom stereocenters. The SMILES string of the molecule is CCCCCCCC/C=C\CCCCCCCC(=O)OC[C@H](COP(=O)([O-])OCC[N+](C)(C)C)OC(=O)CCCCCCCCCOc1ccc(C=O)cc1. The standard InChI is InChI=1S/C43H74NO10P/c1-5-6-7-8-9-10-11-12-13-14-15-16-18-21-24-27-42(46)51-37-41(38-53-55(48,49)52-35-33-44(2,3)4)54-43(47)28-25-22-19-17-20-23-26-34-50-40-31-29-39(36-45)30-32-40/h12-13,29-32,36,41H,5-11,14-28,33-35,37-38H2,1-4H3/b13-12-/t41-/m1/s1. The van der Waals surface area contributed by atoms with Crippen LogP contribution in [0.25, 0.3) is 0 Å². The van der Waals surface area contributed by atoms with Gasteiger partial charge in [0, 0.05) is 18.4 Å². The number of phosphoric ester groups is 1. The fourth-order valence-corrected chi connectivity index (χ4v) is 6.41. The molecule has 0 aliphatic rings. The Balaban J connectivity index is 2.30. The normalized spacial score (nSPS) is 13.4. The molecule has 0 saturated carbocycles. The van der Waals surface area contributed by atoms with Gasteiger partial charge in [-0.2, -0.15) is 0 Å². The Morgan fingerprint density at radius 2 is 1.22 bits per heavy atom. The molecule has 1 aromatic rings. The highest BCUT2D eigenvalue weighted by atomic mass is 31.2. The van der Waals surface area contributed by atoms with Gasteiger partial charge in [0.15, 0.2) is 6.10 Å². The lowest BCUT2D eigenvalue weighted by Crippen LogP contribution is -2.37. The fourth-order valence-electron chi connectivity index (χ4n) is 5.69. The molecule has 316 valence electrons. The van der Waals surface area contributed by atoms with Crippen LogP contribution in [-0.2, 0) is 32.7 Å². The van der Waals surface area contributed by atoms with Crippen LogP contribution in [0.2, 0.25) is 0 Å². The van der Waals surface area contributed by atoms with E-state index >= 15 is 0 Å². The third-order valence-electron chi connectivity index (χ3n) is 9.11. The summed E-state index contributed by atoms with van der Waals surface area (Å²) in [5, 5.41) is 0. The minimum absolute atomic E-state index is 0.0503. The van der Waals surface area contributed by atoms with E-state index in [0.717, 1.165) is 82.7 Å². The molecule has 0 spiro atoms. The van der Waals surface area contributed by atoms with Gasteiger partial charge in [-0.3, -0.25) is 18.9 Å². The Labute approximate surface area is 333 Å². The van der Waals surface area contributed by atoms with Gasteiger partial charge < -0.3 is 32.6 Å². The van der Waals surface area contributed by atoms with Gasteiger partial charge >= 0.3 is 11.9 Å². The molecular formula is C43H74NO10P. The lowest BCUT2D eigenvalue weighted by atomic mass is 10.1. The van der Waals surface area contributed by atoms with Crippen LogP contribution in [0.5, 0.6) is 5.75 Å². The molecule has 0 fully saturated rings. The lowest BCUT2D eigenvalue weighted by Gasteiger charge is -2.28. The molecule has 55 heavy (non-hydrogen) atoms. The molecule has 0 radical (unpaired) electrons. The molecule has 1 unspecified atom stereocenters. The number of allylic oxidation sites excluding steroid dienone is 2. The zero-order valence-electron chi connectivity index (χ0n) is 34.7. The van der Waals surface area contributed by atoms with Crippen LogP contribution in [0.3, 0.4) is 0 Å². The first-order valence-corrected chi connectivity index (χ1v) is 22.5. The van der Waals surface area contributed by atoms with Crippen molar-refractivity contribution < 1.29 is 51.6 Å². The highest BCUT2D eigenvalue weighted by molar-refractivity contribution is 7.45. The average molecular weight is 796 g/mol. The number of quaternary nitrogens is 1. The molecule has 12 heteroatoms. The van der Waals surface area contributed by atoms with Crippen molar-refractivity contribution in [1.82, 2.24) is 0 Å². The predicted octanol–water partition coefficient (Wildman–Crippen LogP) is 9.70. The third kappa shape index (κ3) is 32.3. The number of hydrogen-bond donors (Lipinski definition) is 0. The van der Waals surface area contributed by atoms with Crippen LogP contribution in [0.4, 0.5) is 0 Å². The van der Waals surface area contributed by atoms with Crippen molar-refractivity contribution in [3.05, 3.63) is 42.0 Å². The summed E-state index contributed by atoms with van der Waals surface area (Å²) < 4.78 is 39.5. The van der Waals surface area contributed by atoms with E-state index in [1.807, 2.05) is 21.1 Å². The summed E-state index contributed by atoms with van der Waals surface area (Å²) in [7, 11) is 1.10. The molecule has 0 amide bonds. The quantitative estimate of drug-likeness (QED) is 0.0160. The van der Waals surface area contributed by atoms with Crippen LogP contribution in [0.1, 0.15) is 159 Å². The van der Waals surface area contributed by atoms with Gasteiger partial charge in [-0.25, -0.2) is 0 Å². The molecular weight excluding hydrogens is 721 g/mol. The number of nitrogens with zero attached hydrogens (tertiary/aromatic N) is 1. The summed E-state index contributed by atoms with van der Waals surface area (Å²) in [6, 6.07) is 7.06. The lowest BCUT2D eigenvalue weighted by molar-refractivity contribution is -0.870. The second-order valence-corrected chi connectivity index (χ2v) is 16.9. The van der Waals surface area contributed by atoms with E-state index in [1.54, 1.807) is 24.3 Å². The van der Waals surface area contributed by atoms with E-state index in [4.69, 9.17) is 23.3 Å². The van der Waals surface area contributed by atoms with E-state index in [0.29, 0.717) is 36.0 Å². The van der Waals surface area contributed by atoms with Gasteiger partial charge in [-0.15, -0.1) is 0 Å². The molecule has 0 aliphatic heterocycles. The number of aldehydes is 1. The number of carbonyl (C=O) groups is 3. The van der Waals surface area contributed by atoms with E-state index < -0.39 is 32.5 Å². The van der Waals surface area contributed by atoms with Crippen LogP contribution in [0, 0.1) is 0 Å². The van der Waals surface area contributed by atoms with Gasteiger partial charge in [-0.05, 0) is 69.2 Å². The van der Waals surface area contributed by atoms with Crippen molar-refractivity contribution in [3.8, 4) is 5.75 Å². The van der Waals surface area contributed by atoms with E-state index in [-0.39, 0.29) is 26.1 Å². The summed E-state index contributed by atoms with van der Waals surface area (Å²) in [5.74, 6) is -0.154. The smallest absolute Gasteiger partial charge is 0.306 e. The summed E-state index contributed by atoms with van der Waals surface area (Å²) in [6.07, 6.45) is 26.4. The number of rotatable bonds is 37. The van der Waals surface area contributed by atoms with Gasteiger partial charge in [0.05, 0.1) is 34.4 Å². The number of esters is 2. The van der Waals surface area contributed by atoms with Crippen LogP contribution in [-0.4, -0.2) is 82.9 Å². The van der Waals surface area contributed by atoms with E-state index in [9.17, 15) is 23.8 Å².